The Balaban J connectivity index is 1.69. The molecule has 4 nitrogen and oxygen atoms in total. The molecule has 130 valence electrons. The Hall–Kier alpha value is -2.62. The van der Waals surface area contributed by atoms with Gasteiger partial charge in [-0.1, -0.05) is 60.9 Å². The van der Waals surface area contributed by atoms with Crippen LogP contribution >= 0.6 is 0 Å². The Morgan fingerprint density at radius 2 is 1.60 bits per heavy atom. The fraction of sp³-hybridized carbons (Fsp3) is 0.333. The van der Waals surface area contributed by atoms with Crippen molar-refractivity contribution < 1.29 is 4.42 Å². The molecule has 1 N–H and O–H groups in total. The van der Waals surface area contributed by atoms with Crippen molar-refractivity contribution in [1.82, 2.24) is 10.2 Å². The maximum Gasteiger partial charge on any atom is 0.320 e. The van der Waals surface area contributed by atoms with Gasteiger partial charge in [-0.2, -0.15) is 0 Å². The lowest BCUT2D eigenvalue weighted by atomic mass is 9.97. The third-order valence-electron chi connectivity index (χ3n) is 4.24. The molecule has 2 aromatic carbocycles. The molecule has 1 atom stereocenters. The minimum absolute atomic E-state index is 0.0640. The normalized spacial score (nSPS) is 12.4. The zero-order valence-corrected chi connectivity index (χ0v) is 15.3. The van der Waals surface area contributed by atoms with Gasteiger partial charge in [-0.05, 0) is 49.4 Å². The van der Waals surface area contributed by atoms with Crippen LogP contribution in [0.1, 0.15) is 49.3 Å². The summed E-state index contributed by atoms with van der Waals surface area (Å²) in [6.07, 6.45) is 1.10. The molecule has 0 spiro atoms. The van der Waals surface area contributed by atoms with Gasteiger partial charge in [-0.25, -0.2) is 0 Å². The van der Waals surface area contributed by atoms with Gasteiger partial charge in [0, 0.05) is 5.69 Å². The highest BCUT2D eigenvalue weighted by atomic mass is 16.4. The Labute approximate surface area is 149 Å². The van der Waals surface area contributed by atoms with Crippen molar-refractivity contribution >= 4 is 11.7 Å². The lowest BCUT2D eigenvalue weighted by Gasteiger charge is -2.09. The number of hydrogen-bond donors (Lipinski definition) is 1. The Morgan fingerprint density at radius 1 is 0.920 bits per heavy atom. The maximum atomic E-state index is 5.80. The number of nitrogens with zero attached hydrogens (tertiary/aromatic N) is 2. The van der Waals surface area contributed by atoms with Crippen LogP contribution in [-0.4, -0.2) is 10.2 Å². The van der Waals surface area contributed by atoms with Gasteiger partial charge in [-0.15, -0.1) is 5.10 Å². The average molecular weight is 335 g/mol. The number of aromatic nitrogens is 2. The van der Waals surface area contributed by atoms with Crippen LogP contribution < -0.4 is 5.32 Å². The third kappa shape index (κ3) is 4.47. The van der Waals surface area contributed by atoms with E-state index in [1.54, 1.807) is 0 Å². The lowest BCUT2D eigenvalue weighted by Crippen LogP contribution is -1.98. The Morgan fingerprint density at radius 3 is 2.24 bits per heavy atom. The number of benzene rings is 2. The molecule has 0 radical (unpaired) electrons. The molecule has 3 aromatic rings. The van der Waals surface area contributed by atoms with Crippen LogP contribution in [0, 0.1) is 12.8 Å². The smallest absolute Gasteiger partial charge is 0.320 e. The minimum atomic E-state index is 0.0640. The van der Waals surface area contributed by atoms with E-state index in [2.05, 4.69) is 67.5 Å². The minimum Gasteiger partial charge on any atom is -0.407 e. The molecule has 0 fully saturated rings. The summed E-state index contributed by atoms with van der Waals surface area (Å²) in [7, 11) is 0. The van der Waals surface area contributed by atoms with Gasteiger partial charge in [0.2, 0.25) is 5.89 Å². The molecule has 3 rings (SSSR count). The lowest BCUT2D eigenvalue weighted by molar-refractivity contribution is 0.493. The van der Waals surface area contributed by atoms with Crippen molar-refractivity contribution in [2.75, 3.05) is 5.32 Å². The number of anilines is 2. The van der Waals surface area contributed by atoms with Crippen molar-refractivity contribution in [3.8, 4) is 0 Å². The topological polar surface area (TPSA) is 51.0 Å². The van der Waals surface area contributed by atoms with E-state index in [9.17, 15) is 0 Å². The van der Waals surface area contributed by atoms with Crippen molar-refractivity contribution in [1.29, 1.82) is 0 Å². The van der Waals surface area contributed by atoms with Crippen LogP contribution in [0.4, 0.5) is 11.7 Å². The first kappa shape index (κ1) is 17.2. The van der Waals surface area contributed by atoms with Gasteiger partial charge in [0.25, 0.3) is 0 Å². The summed E-state index contributed by atoms with van der Waals surface area (Å²) in [5.41, 5.74) is 4.69. The van der Waals surface area contributed by atoms with E-state index in [4.69, 9.17) is 4.42 Å². The van der Waals surface area contributed by atoms with Crippen LogP contribution in [0.2, 0.25) is 0 Å². The highest BCUT2D eigenvalue weighted by Gasteiger charge is 2.16. The van der Waals surface area contributed by atoms with E-state index in [1.807, 2.05) is 24.3 Å². The summed E-state index contributed by atoms with van der Waals surface area (Å²) >= 11 is 0. The molecule has 0 aliphatic carbocycles. The molecule has 0 bridgehead atoms. The molecule has 25 heavy (non-hydrogen) atoms. The molecule has 0 aliphatic rings. The number of hydrogen-bond acceptors (Lipinski definition) is 4. The predicted molar refractivity (Wildman–Crippen MR) is 101 cm³/mol. The van der Waals surface area contributed by atoms with Gasteiger partial charge in [0.05, 0.1) is 5.92 Å². The zero-order valence-electron chi connectivity index (χ0n) is 15.3. The molecule has 0 saturated heterocycles. The van der Waals surface area contributed by atoms with E-state index in [-0.39, 0.29) is 5.92 Å². The van der Waals surface area contributed by atoms with Crippen LogP contribution in [0.15, 0.2) is 52.9 Å². The summed E-state index contributed by atoms with van der Waals surface area (Å²) in [4.78, 5) is 0. The molecule has 0 saturated carbocycles. The quantitative estimate of drug-likeness (QED) is 0.649. The summed E-state index contributed by atoms with van der Waals surface area (Å²) in [5.74, 6) is 1.34. The van der Waals surface area contributed by atoms with Gasteiger partial charge >= 0.3 is 6.01 Å². The predicted octanol–water partition coefficient (Wildman–Crippen LogP) is 5.47. The zero-order chi connectivity index (χ0) is 17.8. The molecule has 0 aliphatic heterocycles. The average Bonchev–Trinajstić information content (AvgIpc) is 3.05. The van der Waals surface area contributed by atoms with Crippen LogP contribution in [0.5, 0.6) is 0 Å². The summed E-state index contributed by atoms with van der Waals surface area (Å²) in [6, 6.07) is 17.2. The summed E-state index contributed by atoms with van der Waals surface area (Å²) in [6.45, 7) is 8.61. The first-order chi connectivity index (χ1) is 12.0. The first-order valence-electron chi connectivity index (χ1n) is 8.77. The van der Waals surface area contributed by atoms with Crippen molar-refractivity contribution in [2.24, 2.45) is 5.92 Å². The van der Waals surface area contributed by atoms with E-state index in [0.29, 0.717) is 17.8 Å². The molecule has 1 heterocycles. The molecule has 1 unspecified atom stereocenters. The maximum absolute atomic E-state index is 5.80. The third-order valence-corrected chi connectivity index (χ3v) is 4.24. The van der Waals surface area contributed by atoms with E-state index in [1.165, 1.54) is 16.7 Å². The van der Waals surface area contributed by atoms with Crippen molar-refractivity contribution in [3.63, 3.8) is 0 Å². The first-order valence-corrected chi connectivity index (χ1v) is 8.77. The molecule has 1 aromatic heterocycles. The summed E-state index contributed by atoms with van der Waals surface area (Å²) < 4.78 is 5.80. The van der Waals surface area contributed by atoms with Gasteiger partial charge < -0.3 is 9.73 Å². The second kappa shape index (κ2) is 7.51. The van der Waals surface area contributed by atoms with Crippen molar-refractivity contribution in [3.05, 3.63) is 71.1 Å². The fourth-order valence-electron chi connectivity index (χ4n) is 2.78. The van der Waals surface area contributed by atoms with Crippen LogP contribution in [0.25, 0.3) is 0 Å². The van der Waals surface area contributed by atoms with E-state index >= 15 is 0 Å². The second-order valence-electron chi connectivity index (χ2n) is 7.00. The Bertz CT molecular complexity index is 804. The largest absolute Gasteiger partial charge is 0.407 e. The fourth-order valence-corrected chi connectivity index (χ4v) is 2.78. The van der Waals surface area contributed by atoms with Crippen molar-refractivity contribution in [2.45, 2.75) is 40.0 Å². The standard InChI is InChI=1S/C21H25N3O/c1-14(2)13-17-7-9-18(10-8-17)16(4)20-23-24-21(25-20)22-19-11-5-15(3)6-12-19/h5-12,14,16H,13H2,1-4H3,(H,22,24). The number of aryl methyl sites for hydroxylation is 1. The van der Waals surface area contributed by atoms with E-state index < -0.39 is 0 Å². The second-order valence-corrected chi connectivity index (χ2v) is 7.00. The van der Waals surface area contributed by atoms with Crippen LogP contribution in [-0.2, 0) is 6.42 Å². The Kier molecular flexibility index (Phi) is 5.17. The van der Waals surface area contributed by atoms with Gasteiger partial charge in [0.1, 0.15) is 0 Å². The monoisotopic (exact) mass is 335 g/mol. The SMILES string of the molecule is Cc1ccc(Nc2nnc(C(C)c3ccc(CC(C)C)cc3)o2)cc1. The molecule has 0 amide bonds. The number of rotatable bonds is 6. The summed E-state index contributed by atoms with van der Waals surface area (Å²) in [5, 5.41) is 11.5. The molecular weight excluding hydrogens is 310 g/mol. The number of nitrogens with one attached hydrogen (secondary N) is 1. The highest BCUT2D eigenvalue weighted by molar-refractivity contribution is 5.52. The van der Waals surface area contributed by atoms with Crippen LogP contribution in [0.3, 0.4) is 0 Å². The molecular formula is C21H25N3O. The van der Waals surface area contributed by atoms with E-state index in [0.717, 1.165) is 12.1 Å². The highest BCUT2D eigenvalue weighted by Crippen LogP contribution is 2.26. The van der Waals surface area contributed by atoms with Gasteiger partial charge in [0.15, 0.2) is 0 Å². The molecule has 4 heteroatoms. The van der Waals surface area contributed by atoms with Gasteiger partial charge in [-0.3, -0.25) is 0 Å².